The Labute approximate surface area is 127 Å². The third kappa shape index (κ3) is 2.91. The largest absolute Gasteiger partial charge is 0.412 e. The van der Waals surface area contributed by atoms with Crippen LogP contribution in [0, 0.1) is 17.5 Å². The van der Waals surface area contributed by atoms with Crippen molar-refractivity contribution in [1.82, 2.24) is 10.2 Å². The summed E-state index contributed by atoms with van der Waals surface area (Å²) in [5.74, 6) is -4.29. The number of hydrogen-bond acceptors (Lipinski definition) is 4. The molecule has 0 spiro atoms. The van der Waals surface area contributed by atoms with E-state index in [-0.39, 0.29) is 11.5 Å². The highest BCUT2D eigenvalue weighted by molar-refractivity contribution is 6.01. The molecule has 0 radical (unpaired) electrons. The Balaban J connectivity index is 1.86. The molecule has 0 saturated carbocycles. The van der Waals surface area contributed by atoms with Crippen molar-refractivity contribution in [3.8, 4) is 11.5 Å². The third-order valence-corrected chi connectivity index (χ3v) is 2.92. The minimum atomic E-state index is -1.01. The molecular weight excluding hydrogens is 311 g/mol. The predicted molar refractivity (Wildman–Crippen MR) is 74.0 cm³/mol. The van der Waals surface area contributed by atoms with Crippen LogP contribution in [0.15, 0.2) is 46.9 Å². The number of benzene rings is 2. The molecule has 1 amide bonds. The van der Waals surface area contributed by atoms with Gasteiger partial charge in [-0.15, -0.1) is 10.2 Å². The number of anilines is 1. The van der Waals surface area contributed by atoms with Crippen molar-refractivity contribution in [2.45, 2.75) is 0 Å². The van der Waals surface area contributed by atoms with Crippen LogP contribution in [0.5, 0.6) is 0 Å². The van der Waals surface area contributed by atoms with E-state index in [9.17, 15) is 18.0 Å². The van der Waals surface area contributed by atoms with Crippen LogP contribution >= 0.6 is 0 Å². The van der Waals surface area contributed by atoms with Crippen LogP contribution in [-0.4, -0.2) is 16.1 Å². The second-order valence-corrected chi connectivity index (χ2v) is 4.44. The van der Waals surface area contributed by atoms with E-state index >= 15 is 0 Å². The van der Waals surface area contributed by atoms with E-state index in [4.69, 9.17) is 4.42 Å². The standard InChI is InChI=1S/C15H8F3N3O2/c16-9-5-2-1-4-8(9)14-20-21-15(23-14)13(22)19-12-10(17)6-3-7-11(12)18/h1-7H,(H,19,22). The average molecular weight is 319 g/mol. The summed E-state index contributed by atoms with van der Waals surface area (Å²) in [5, 5.41) is 8.99. The lowest BCUT2D eigenvalue weighted by Crippen LogP contribution is -2.14. The average Bonchev–Trinajstić information content (AvgIpc) is 3.01. The number of nitrogens with one attached hydrogen (secondary N) is 1. The molecule has 8 heteroatoms. The van der Waals surface area contributed by atoms with Crippen LogP contribution in [0.25, 0.3) is 11.5 Å². The van der Waals surface area contributed by atoms with E-state index in [1.165, 1.54) is 18.2 Å². The Bertz CT molecular complexity index is 860. The zero-order valence-corrected chi connectivity index (χ0v) is 11.4. The molecule has 5 nitrogen and oxygen atoms in total. The van der Waals surface area contributed by atoms with Crippen LogP contribution in [0.3, 0.4) is 0 Å². The van der Waals surface area contributed by atoms with Crippen molar-refractivity contribution in [1.29, 1.82) is 0 Å². The highest BCUT2D eigenvalue weighted by Gasteiger charge is 2.20. The van der Waals surface area contributed by atoms with E-state index in [0.717, 1.165) is 18.2 Å². The molecule has 0 saturated heterocycles. The maximum Gasteiger partial charge on any atom is 0.313 e. The minimum Gasteiger partial charge on any atom is -0.412 e. The molecule has 23 heavy (non-hydrogen) atoms. The van der Waals surface area contributed by atoms with Gasteiger partial charge < -0.3 is 9.73 Å². The van der Waals surface area contributed by atoms with Gasteiger partial charge in [0.25, 0.3) is 5.89 Å². The van der Waals surface area contributed by atoms with E-state index in [2.05, 4.69) is 10.2 Å². The van der Waals surface area contributed by atoms with Gasteiger partial charge in [0.05, 0.1) is 5.56 Å². The molecule has 116 valence electrons. The fourth-order valence-corrected chi connectivity index (χ4v) is 1.84. The predicted octanol–water partition coefficient (Wildman–Crippen LogP) is 3.41. The summed E-state index contributed by atoms with van der Waals surface area (Å²) in [6.07, 6.45) is 0. The molecule has 0 bridgehead atoms. The summed E-state index contributed by atoms with van der Waals surface area (Å²) in [7, 11) is 0. The summed E-state index contributed by atoms with van der Waals surface area (Å²) < 4.78 is 45.6. The van der Waals surface area contributed by atoms with Crippen LogP contribution in [0.4, 0.5) is 18.9 Å². The van der Waals surface area contributed by atoms with Crippen LogP contribution in [-0.2, 0) is 0 Å². The summed E-state index contributed by atoms with van der Waals surface area (Å²) in [5.41, 5.74) is -0.626. The molecule has 0 atom stereocenters. The van der Waals surface area contributed by atoms with Crippen molar-refractivity contribution >= 4 is 11.6 Å². The SMILES string of the molecule is O=C(Nc1c(F)cccc1F)c1nnc(-c2ccccc2F)o1. The normalized spacial score (nSPS) is 10.6. The minimum absolute atomic E-state index is 0.0103. The Morgan fingerprint density at radius 1 is 0.913 bits per heavy atom. The van der Waals surface area contributed by atoms with Gasteiger partial charge in [-0.1, -0.05) is 18.2 Å². The number of carbonyl (C=O) groups is 1. The van der Waals surface area contributed by atoms with Gasteiger partial charge in [-0.05, 0) is 24.3 Å². The van der Waals surface area contributed by atoms with Crippen LogP contribution in [0.2, 0.25) is 0 Å². The zero-order chi connectivity index (χ0) is 16.4. The number of aromatic nitrogens is 2. The first-order valence-corrected chi connectivity index (χ1v) is 6.40. The maximum atomic E-state index is 13.6. The van der Waals surface area contributed by atoms with E-state index in [0.29, 0.717) is 0 Å². The van der Waals surface area contributed by atoms with E-state index in [1.54, 1.807) is 6.07 Å². The Kier molecular flexibility index (Phi) is 3.80. The highest BCUT2D eigenvalue weighted by atomic mass is 19.1. The van der Waals surface area contributed by atoms with Crippen molar-refractivity contribution < 1.29 is 22.4 Å². The fraction of sp³-hybridized carbons (Fsp3) is 0. The van der Waals surface area contributed by atoms with Gasteiger partial charge in [-0.3, -0.25) is 4.79 Å². The molecule has 3 aromatic rings. The molecule has 1 aromatic heterocycles. The monoisotopic (exact) mass is 319 g/mol. The lowest BCUT2D eigenvalue weighted by molar-refractivity contribution is 0.0989. The van der Waals surface area contributed by atoms with Gasteiger partial charge in [-0.25, -0.2) is 13.2 Å². The lowest BCUT2D eigenvalue weighted by atomic mass is 10.2. The number of nitrogens with zero attached hydrogens (tertiary/aromatic N) is 2. The fourth-order valence-electron chi connectivity index (χ4n) is 1.84. The maximum absolute atomic E-state index is 13.6. The van der Waals surface area contributed by atoms with Gasteiger partial charge in [0, 0.05) is 0 Å². The van der Waals surface area contributed by atoms with Crippen molar-refractivity contribution in [3.63, 3.8) is 0 Å². The van der Waals surface area contributed by atoms with Crippen LogP contribution in [0.1, 0.15) is 10.7 Å². The lowest BCUT2D eigenvalue weighted by Gasteiger charge is -2.04. The summed E-state index contributed by atoms with van der Waals surface area (Å²) >= 11 is 0. The van der Waals surface area contributed by atoms with Crippen molar-refractivity contribution in [2.24, 2.45) is 0 Å². The topological polar surface area (TPSA) is 68.0 Å². The van der Waals surface area contributed by atoms with E-state index < -0.39 is 34.9 Å². The molecule has 2 aromatic carbocycles. The smallest absolute Gasteiger partial charge is 0.313 e. The zero-order valence-electron chi connectivity index (χ0n) is 11.4. The number of carbonyl (C=O) groups excluding carboxylic acids is 1. The molecule has 1 heterocycles. The molecule has 0 aliphatic carbocycles. The molecule has 3 rings (SSSR count). The van der Waals surface area contributed by atoms with Gasteiger partial charge >= 0.3 is 11.8 Å². The van der Waals surface area contributed by atoms with Gasteiger partial charge in [-0.2, -0.15) is 0 Å². The van der Waals surface area contributed by atoms with E-state index in [1.807, 2.05) is 5.32 Å². The quantitative estimate of drug-likeness (QED) is 0.803. The van der Waals surface area contributed by atoms with Crippen molar-refractivity contribution in [3.05, 3.63) is 65.8 Å². The van der Waals surface area contributed by atoms with Gasteiger partial charge in [0.15, 0.2) is 0 Å². The molecule has 0 unspecified atom stereocenters. The van der Waals surface area contributed by atoms with Crippen molar-refractivity contribution in [2.75, 3.05) is 5.32 Å². The Morgan fingerprint density at radius 2 is 1.57 bits per heavy atom. The third-order valence-electron chi connectivity index (χ3n) is 2.92. The summed E-state index contributed by atoms with van der Waals surface area (Å²) in [4.78, 5) is 11.9. The number of amides is 1. The Morgan fingerprint density at radius 3 is 2.26 bits per heavy atom. The molecule has 0 fully saturated rings. The highest BCUT2D eigenvalue weighted by Crippen LogP contribution is 2.22. The first-order valence-electron chi connectivity index (χ1n) is 6.40. The first-order chi connectivity index (χ1) is 11.1. The summed E-state index contributed by atoms with van der Waals surface area (Å²) in [6, 6.07) is 8.73. The Hall–Kier alpha value is -3.16. The number of hydrogen-bond donors (Lipinski definition) is 1. The van der Waals surface area contributed by atoms with Gasteiger partial charge in [0.2, 0.25) is 0 Å². The second kappa shape index (κ2) is 5.91. The summed E-state index contributed by atoms with van der Waals surface area (Å²) in [6.45, 7) is 0. The molecular formula is C15H8F3N3O2. The second-order valence-electron chi connectivity index (χ2n) is 4.44. The molecule has 0 aliphatic heterocycles. The number of rotatable bonds is 3. The number of halogens is 3. The first kappa shape index (κ1) is 14.8. The van der Waals surface area contributed by atoms with Crippen LogP contribution < -0.4 is 5.32 Å². The number of para-hydroxylation sites is 1. The van der Waals surface area contributed by atoms with Gasteiger partial charge in [0.1, 0.15) is 23.1 Å². The molecule has 0 aliphatic rings. The molecule has 1 N–H and O–H groups in total.